The summed E-state index contributed by atoms with van der Waals surface area (Å²) >= 11 is 0. The van der Waals surface area contributed by atoms with Crippen molar-refractivity contribution >= 4 is 5.91 Å². The maximum absolute atomic E-state index is 11.7. The molecule has 1 rings (SSSR count). The molecular formula is C14H22N2O2. The lowest BCUT2D eigenvalue weighted by Gasteiger charge is -2.20. The number of hydrogen-bond acceptors (Lipinski definition) is 3. The number of nitrogens with zero attached hydrogens (tertiary/aromatic N) is 1. The van der Waals surface area contributed by atoms with E-state index in [2.05, 4.69) is 26.0 Å². The SMILES string of the molecule is CC(C)c1ccc(CN(C)C(=O)C(N)CO)cc1. The quantitative estimate of drug-likeness (QED) is 0.822. The van der Waals surface area contributed by atoms with E-state index in [1.54, 1.807) is 7.05 Å². The number of benzene rings is 1. The van der Waals surface area contributed by atoms with Crippen LogP contribution in [0.2, 0.25) is 0 Å². The maximum Gasteiger partial charge on any atom is 0.241 e. The molecule has 1 aromatic rings. The summed E-state index contributed by atoms with van der Waals surface area (Å²) in [6.45, 7) is 4.47. The average Bonchev–Trinajstić information content (AvgIpc) is 2.37. The number of carbonyl (C=O) groups is 1. The van der Waals surface area contributed by atoms with Gasteiger partial charge in [-0.25, -0.2) is 0 Å². The van der Waals surface area contributed by atoms with Crippen molar-refractivity contribution in [3.63, 3.8) is 0 Å². The van der Waals surface area contributed by atoms with E-state index < -0.39 is 6.04 Å². The summed E-state index contributed by atoms with van der Waals surface area (Å²) in [4.78, 5) is 13.2. The zero-order valence-electron chi connectivity index (χ0n) is 11.3. The Bertz CT molecular complexity index is 387. The summed E-state index contributed by atoms with van der Waals surface area (Å²) in [6.07, 6.45) is 0. The van der Waals surface area contributed by atoms with Crippen molar-refractivity contribution < 1.29 is 9.90 Å². The third-order valence-electron chi connectivity index (χ3n) is 2.96. The number of carbonyl (C=O) groups excluding carboxylic acids is 1. The normalized spacial score (nSPS) is 12.6. The largest absolute Gasteiger partial charge is 0.394 e. The van der Waals surface area contributed by atoms with Crippen LogP contribution >= 0.6 is 0 Å². The second kappa shape index (κ2) is 6.52. The number of amides is 1. The number of rotatable bonds is 5. The summed E-state index contributed by atoms with van der Waals surface area (Å²) in [6, 6.07) is 7.35. The maximum atomic E-state index is 11.7. The van der Waals surface area contributed by atoms with Crippen LogP contribution in [-0.2, 0) is 11.3 Å². The topological polar surface area (TPSA) is 66.6 Å². The van der Waals surface area contributed by atoms with Crippen LogP contribution in [0.1, 0.15) is 30.9 Å². The third kappa shape index (κ3) is 3.82. The second-order valence-corrected chi connectivity index (χ2v) is 4.88. The summed E-state index contributed by atoms with van der Waals surface area (Å²) < 4.78 is 0. The van der Waals surface area contributed by atoms with Crippen LogP contribution < -0.4 is 5.73 Å². The van der Waals surface area contributed by atoms with E-state index in [1.165, 1.54) is 10.5 Å². The summed E-state index contributed by atoms with van der Waals surface area (Å²) in [5.41, 5.74) is 7.83. The van der Waals surface area contributed by atoms with Gasteiger partial charge >= 0.3 is 0 Å². The number of hydrogen-bond donors (Lipinski definition) is 2. The third-order valence-corrected chi connectivity index (χ3v) is 2.96. The van der Waals surface area contributed by atoms with Crippen LogP contribution in [-0.4, -0.2) is 35.6 Å². The van der Waals surface area contributed by atoms with Gasteiger partial charge in [0.1, 0.15) is 6.04 Å². The van der Waals surface area contributed by atoms with Crippen LogP contribution in [0, 0.1) is 0 Å². The van der Waals surface area contributed by atoms with Crippen LogP contribution in [0.3, 0.4) is 0 Å². The molecule has 0 saturated heterocycles. The highest BCUT2D eigenvalue weighted by atomic mass is 16.3. The first-order chi connectivity index (χ1) is 8.45. The molecule has 18 heavy (non-hydrogen) atoms. The predicted octanol–water partition coefficient (Wildman–Crippen LogP) is 1.09. The summed E-state index contributed by atoms with van der Waals surface area (Å²) in [5.74, 6) is 0.256. The Balaban J connectivity index is 2.64. The number of aliphatic hydroxyl groups is 1. The average molecular weight is 250 g/mol. The van der Waals surface area contributed by atoms with E-state index in [4.69, 9.17) is 10.8 Å². The van der Waals surface area contributed by atoms with Crippen molar-refractivity contribution in [1.82, 2.24) is 4.90 Å². The highest BCUT2D eigenvalue weighted by Gasteiger charge is 2.16. The second-order valence-electron chi connectivity index (χ2n) is 4.88. The lowest BCUT2D eigenvalue weighted by molar-refractivity contribution is -0.132. The highest BCUT2D eigenvalue weighted by molar-refractivity contribution is 5.81. The van der Waals surface area contributed by atoms with E-state index in [9.17, 15) is 4.79 Å². The van der Waals surface area contributed by atoms with E-state index in [1.807, 2.05) is 12.1 Å². The van der Waals surface area contributed by atoms with Gasteiger partial charge in [0.05, 0.1) is 6.61 Å². The van der Waals surface area contributed by atoms with Gasteiger partial charge in [0, 0.05) is 13.6 Å². The minimum atomic E-state index is -0.829. The molecule has 0 bridgehead atoms. The van der Waals surface area contributed by atoms with Crippen molar-refractivity contribution in [2.45, 2.75) is 32.4 Å². The first-order valence-corrected chi connectivity index (χ1v) is 6.16. The Morgan fingerprint density at radius 1 is 1.33 bits per heavy atom. The molecule has 1 aromatic carbocycles. The minimum absolute atomic E-state index is 0.245. The van der Waals surface area contributed by atoms with Crippen LogP contribution in [0.4, 0.5) is 0 Å². The van der Waals surface area contributed by atoms with Gasteiger partial charge in [0.15, 0.2) is 0 Å². The monoisotopic (exact) mass is 250 g/mol. The van der Waals surface area contributed by atoms with Crippen LogP contribution in [0.5, 0.6) is 0 Å². The lowest BCUT2D eigenvalue weighted by atomic mass is 10.0. The van der Waals surface area contributed by atoms with Crippen molar-refractivity contribution in [2.24, 2.45) is 5.73 Å². The molecule has 0 spiro atoms. The zero-order chi connectivity index (χ0) is 13.7. The fraction of sp³-hybridized carbons (Fsp3) is 0.500. The molecule has 0 radical (unpaired) electrons. The molecule has 1 unspecified atom stereocenters. The molecule has 1 amide bonds. The van der Waals surface area contributed by atoms with Gasteiger partial charge in [0.2, 0.25) is 5.91 Å². The minimum Gasteiger partial charge on any atom is -0.394 e. The van der Waals surface area contributed by atoms with Gasteiger partial charge < -0.3 is 15.7 Å². The fourth-order valence-corrected chi connectivity index (χ4v) is 1.72. The molecule has 1 atom stereocenters. The van der Waals surface area contributed by atoms with Crippen LogP contribution in [0.15, 0.2) is 24.3 Å². The van der Waals surface area contributed by atoms with Crippen molar-refractivity contribution in [2.75, 3.05) is 13.7 Å². The van der Waals surface area contributed by atoms with Gasteiger partial charge in [-0.3, -0.25) is 4.79 Å². The Morgan fingerprint density at radius 3 is 2.33 bits per heavy atom. The van der Waals surface area contributed by atoms with E-state index in [0.717, 1.165) is 5.56 Å². The molecule has 0 fully saturated rings. The van der Waals surface area contributed by atoms with Gasteiger partial charge in [-0.05, 0) is 17.0 Å². The summed E-state index contributed by atoms with van der Waals surface area (Å²) in [5, 5.41) is 8.85. The molecule has 4 nitrogen and oxygen atoms in total. The molecule has 0 heterocycles. The predicted molar refractivity (Wildman–Crippen MR) is 72.1 cm³/mol. The van der Waals surface area contributed by atoms with E-state index in [-0.39, 0.29) is 12.5 Å². The van der Waals surface area contributed by atoms with Crippen LogP contribution in [0.25, 0.3) is 0 Å². The summed E-state index contributed by atoms with van der Waals surface area (Å²) in [7, 11) is 1.69. The Morgan fingerprint density at radius 2 is 1.89 bits per heavy atom. The molecule has 0 aromatic heterocycles. The van der Waals surface area contributed by atoms with Crippen molar-refractivity contribution in [3.05, 3.63) is 35.4 Å². The molecule has 0 saturated carbocycles. The van der Waals surface area contributed by atoms with Gasteiger partial charge in [-0.1, -0.05) is 38.1 Å². The molecular weight excluding hydrogens is 228 g/mol. The van der Waals surface area contributed by atoms with E-state index in [0.29, 0.717) is 12.5 Å². The zero-order valence-corrected chi connectivity index (χ0v) is 11.3. The molecule has 0 aliphatic rings. The number of nitrogens with two attached hydrogens (primary N) is 1. The first-order valence-electron chi connectivity index (χ1n) is 6.16. The van der Waals surface area contributed by atoms with Crippen molar-refractivity contribution in [1.29, 1.82) is 0 Å². The lowest BCUT2D eigenvalue weighted by Crippen LogP contribution is -2.43. The van der Waals surface area contributed by atoms with Crippen molar-refractivity contribution in [3.8, 4) is 0 Å². The fourth-order valence-electron chi connectivity index (χ4n) is 1.72. The molecule has 0 aliphatic carbocycles. The standard InChI is InChI=1S/C14H22N2O2/c1-10(2)12-6-4-11(5-7-12)8-16(3)14(18)13(15)9-17/h4-7,10,13,17H,8-9,15H2,1-3H3. The Labute approximate surface area is 108 Å². The highest BCUT2D eigenvalue weighted by Crippen LogP contribution is 2.15. The van der Waals surface area contributed by atoms with E-state index >= 15 is 0 Å². The smallest absolute Gasteiger partial charge is 0.241 e. The molecule has 0 aliphatic heterocycles. The molecule has 3 N–H and O–H groups in total. The van der Waals surface area contributed by atoms with Gasteiger partial charge in [-0.15, -0.1) is 0 Å². The molecule has 100 valence electrons. The Hall–Kier alpha value is -1.39. The number of likely N-dealkylation sites (N-methyl/N-ethyl adjacent to an activating group) is 1. The van der Waals surface area contributed by atoms with Gasteiger partial charge in [-0.2, -0.15) is 0 Å². The molecule has 4 heteroatoms. The number of aliphatic hydroxyl groups excluding tert-OH is 1. The first kappa shape index (κ1) is 14.7. The van der Waals surface area contributed by atoms with Gasteiger partial charge in [0.25, 0.3) is 0 Å². The Kier molecular flexibility index (Phi) is 5.31.